The van der Waals surface area contributed by atoms with Crippen molar-refractivity contribution in [2.75, 3.05) is 11.1 Å². The number of alkyl halides is 3. The summed E-state index contributed by atoms with van der Waals surface area (Å²) >= 11 is 0. The van der Waals surface area contributed by atoms with Crippen LogP contribution in [0.25, 0.3) is 11.3 Å². The van der Waals surface area contributed by atoms with E-state index >= 15 is 0 Å². The molecule has 0 unspecified atom stereocenters. The summed E-state index contributed by atoms with van der Waals surface area (Å²) in [6.45, 7) is 3.23. The number of aromatic nitrogens is 4. The first-order valence-corrected chi connectivity index (χ1v) is 10.2. The molecule has 154 valence electrons. The van der Waals surface area contributed by atoms with Crippen LogP contribution in [0.3, 0.4) is 0 Å². The zero-order valence-corrected chi connectivity index (χ0v) is 16.6. The van der Waals surface area contributed by atoms with Gasteiger partial charge in [0.25, 0.3) is 0 Å². The van der Waals surface area contributed by atoms with Gasteiger partial charge in [-0.3, -0.25) is 4.68 Å². The van der Waals surface area contributed by atoms with Gasteiger partial charge in [0.1, 0.15) is 5.56 Å². The quantitative estimate of drug-likeness (QED) is 0.670. The van der Waals surface area contributed by atoms with Crippen molar-refractivity contribution in [1.82, 2.24) is 19.7 Å². The molecular weight excluding hydrogens is 407 g/mol. The summed E-state index contributed by atoms with van der Waals surface area (Å²) in [6.07, 6.45) is -1.20. The van der Waals surface area contributed by atoms with Crippen LogP contribution in [0.1, 0.15) is 18.1 Å². The Morgan fingerprint density at radius 3 is 2.48 bits per heavy atom. The summed E-state index contributed by atoms with van der Waals surface area (Å²) in [4.78, 5) is 7.98. The van der Waals surface area contributed by atoms with Crippen LogP contribution in [0.4, 0.5) is 24.8 Å². The molecule has 0 amide bonds. The average Bonchev–Trinajstić information content (AvgIpc) is 3.08. The lowest BCUT2D eigenvalue weighted by Gasteiger charge is -2.14. The van der Waals surface area contributed by atoms with E-state index in [2.05, 4.69) is 20.4 Å². The van der Waals surface area contributed by atoms with Gasteiger partial charge in [-0.15, -0.1) is 0 Å². The fourth-order valence-corrected chi connectivity index (χ4v) is 3.64. The lowest BCUT2D eigenvalue weighted by Crippen LogP contribution is -2.11. The molecule has 0 radical (unpaired) electrons. The highest BCUT2D eigenvalue weighted by atomic mass is 32.2. The Kier molecular flexibility index (Phi) is 5.35. The van der Waals surface area contributed by atoms with Gasteiger partial charge in [0.2, 0.25) is 5.95 Å². The molecule has 29 heavy (non-hydrogen) atoms. The van der Waals surface area contributed by atoms with E-state index < -0.39 is 21.6 Å². The van der Waals surface area contributed by atoms with E-state index in [9.17, 15) is 21.6 Å². The van der Waals surface area contributed by atoms with Gasteiger partial charge in [0.05, 0.1) is 22.5 Å². The van der Waals surface area contributed by atoms with E-state index in [-0.39, 0.29) is 27.9 Å². The minimum Gasteiger partial charge on any atom is -0.324 e. The number of hydrogen-bond donors (Lipinski definition) is 1. The zero-order chi connectivity index (χ0) is 21.4. The Bertz CT molecular complexity index is 1160. The Hall–Kier alpha value is -2.95. The van der Waals surface area contributed by atoms with E-state index in [0.29, 0.717) is 17.4 Å². The Labute approximate surface area is 165 Å². The molecule has 0 spiro atoms. The molecule has 11 heteroatoms. The summed E-state index contributed by atoms with van der Waals surface area (Å²) in [5, 5.41) is 6.75. The molecule has 2 heterocycles. The molecule has 0 bridgehead atoms. The van der Waals surface area contributed by atoms with Crippen molar-refractivity contribution in [3.8, 4) is 11.3 Å². The van der Waals surface area contributed by atoms with Gasteiger partial charge in [0.15, 0.2) is 9.84 Å². The van der Waals surface area contributed by atoms with E-state index in [1.807, 2.05) is 0 Å². The minimum absolute atomic E-state index is 0.0320. The maximum absolute atomic E-state index is 13.4. The van der Waals surface area contributed by atoms with Crippen LogP contribution < -0.4 is 5.32 Å². The van der Waals surface area contributed by atoms with E-state index in [1.54, 1.807) is 20.9 Å². The predicted octanol–water partition coefficient (Wildman–Crippen LogP) is 3.74. The van der Waals surface area contributed by atoms with Gasteiger partial charge in [-0.1, -0.05) is 6.92 Å². The molecule has 0 saturated heterocycles. The Morgan fingerprint density at radius 2 is 1.93 bits per heavy atom. The summed E-state index contributed by atoms with van der Waals surface area (Å²) in [5.74, 6) is -0.0820. The molecule has 7 nitrogen and oxygen atoms in total. The summed E-state index contributed by atoms with van der Waals surface area (Å²) in [7, 11) is -1.78. The first kappa shape index (κ1) is 20.8. The summed E-state index contributed by atoms with van der Waals surface area (Å²) < 4.78 is 65.5. The number of nitrogens with zero attached hydrogens (tertiary/aromatic N) is 4. The average molecular weight is 425 g/mol. The maximum Gasteiger partial charge on any atom is 0.419 e. The lowest BCUT2D eigenvalue weighted by atomic mass is 10.1. The third-order valence-electron chi connectivity index (χ3n) is 4.26. The van der Waals surface area contributed by atoms with Gasteiger partial charge >= 0.3 is 6.18 Å². The molecule has 1 N–H and O–H groups in total. The summed E-state index contributed by atoms with van der Waals surface area (Å²) in [6, 6.07) is 4.45. The SMILES string of the molecule is CCS(=O)(=O)c1ccc(Nc2ncc(C(F)(F)F)c(-c3cnn(C)c3)n2)c(C)c1. The van der Waals surface area contributed by atoms with Crippen LogP contribution in [-0.4, -0.2) is 33.9 Å². The number of halogens is 3. The smallest absolute Gasteiger partial charge is 0.324 e. The van der Waals surface area contributed by atoms with E-state index in [4.69, 9.17) is 0 Å². The maximum atomic E-state index is 13.4. The van der Waals surface area contributed by atoms with Crippen LogP contribution in [0, 0.1) is 6.92 Å². The van der Waals surface area contributed by atoms with Gasteiger partial charge in [-0.25, -0.2) is 18.4 Å². The lowest BCUT2D eigenvalue weighted by molar-refractivity contribution is -0.137. The van der Waals surface area contributed by atoms with Crippen LogP contribution >= 0.6 is 0 Å². The molecule has 0 atom stereocenters. The number of hydrogen-bond acceptors (Lipinski definition) is 6. The van der Waals surface area contributed by atoms with Crippen molar-refractivity contribution in [3.05, 3.63) is 47.9 Å². The third-order valence-corrected chi connectivity index (χ3v) is 5.99. The monoisotopic (exact) mass is 425 g/mol. The largest absolute Gasteiger partial charge is 0.419 e. The van der Waals surface area contributed by atoms with Crippen molar-refractivity contribution in [2.24, 2.45) is 7.05 Å². The Balaban J connectivity index is 2.00. The standard InChI is InChI=1S/C18H18F3N5O2S/c1-4-29(27,28)13-5-6-15(11(2)7-13)24-17-22-9-14(18(19,20)21)16(25-17)12-8-23-26(3)10-12/h5-10H,4H2,1-3H3,(H,22,24,25). The second kappa shape index (κ2) is 7.47. The topological polar surface area (TPSA) is 89.8 Å². The molecule has 1 aromatic carbocycles. The number of anilines is 2. The van der Waals surface area contributed by atoms with Crippen LogP contribution in [0.15, 0.2) is 41.7 Å². The number of nitrogens with one attached hydrogen (secondary N) is 1. The van der Waals surface area contributed by atoms with Crippen molar-refractivity contribution in [2.45, 2.75) is 24.9 Å². The zero-order valence-electron chi connectivity index (χ0n) is 15.8. The molecule has 3 rings (SSSR count). The molecule has 0 aliphatic rings. The molecule has 0 saturated carbocycles. The Morgan fingerprint density at radius 1 is 1.21 bits per heavy atom. The van der Waals surface area contributed by atoms with Crippen LogP contribution in [-0.2, 0) is 23.1 Å². The molecule has 0 fully saturated rings. The van der Waals surface area contributed by atoms with Crippen LogP contribution in [0.5, 0.6) is 0 Å². The van der Waals surface area contributed by atoms with Gasteiger partial charge in [-0.05, 0) is 30.7 Å². The van der Waals surface area contributed by atoms with Crippen molar-refractivity contribution in [3.63, 3.8) is 0 Å². The second-order valence-electron chi connectivity index (χ2n) is 6.36. The normalized spacial score (nSPS) is 12.2. The van der Waals surface area contributed by atoms with Gasteiger partial charge < -0.3 is 5.32 Å². The first-order chi connectivity index (χ1) is 13.5. The van der Waals surface area contributed by atoms with E-state index in [1.165, 1.54) is 35.3 Å². The first-order valence-electron chi connectivity index (χ1n) is 8.55. The van der Waals surface area contributed by atoms with E-state index in [0.717, 1.165) is 0 Å². The summed E-state index contributed by atoms with van der Waals surface area (Å²) in [5.41, 5.74) is -0.00243. The molecule has 3 aromatic rings. The third kappa shape index (κ3) is 4.39. The van der Waals surface area contributed by atoms with Crippen molar-refractivity contribution < 1.29 is 21.6 Å². The van der Waals surface area contributed by atoms with Crippen LogP contribution in [0.2, 0.25) is 0 Å². The van der Waals surface area contributed by atoms with Gasteiger partial charge in [0, 0.05) is 30.7 Å². The van der Waals surface area contributed by atoms with Crippen molar-refractivity contribution in [1.29, 1.82) is 0 Å². The fraction of sp³-hybridized carbons (Fsp3) is 0.278. The number of sulfone groups is 1. The minimum atomic E-state index is -4.63. The predicted molar refractivity (Wildman–Crippen MR) is 101 cm³/mol. The fourth-order valence-electron chi connectivity index (χ4n) is 2.67. The molecule has 2 aromatic heterocycles. The molecule has 0 aliphatic heterocycles. The molecule has 0 aliphatic carbocycles. The number of rotatable bonds is 5. The second-order valence-corrected chi connectivity index (χ2v) is 8.64. The van der Waals surface area contributed by atoms with Crippen molar-refractivity contribution >= 4 is 21.5 Å². The highest BCUT2D eigenvalue weighted by Gasteiger charge is 2.35. The van der Waals surface area contributed by atoms with Gasteiger partial charge in [-0.2, -0.15) is 18.3 Å². The molecular formula is C18H18F3N5O2S. The number of benzene rings is 1. The highest BCUT2D eigenvalue weighted by molar-refractivity contribution is 7.91. The number of aryl methyl sites for hydroxylation is 2. The highest BCUT2D eigenvalue weighted by Crippen LogP contribution is 2.36.